The van der Waals surface area contributed by atoms with Crippen LogP contribution < -0.4 is 74.8 Å². The SMILES string of the molecule is Nc1nc([O-])c2ncn([C@H]3C[C@H](O)[C@@H](COP(=O)(O)OP(=O)([O-])O)O3)c2n1.[Na+].[Na+]. The van der Waals surface area contributed by atoms with Crippen LogP contribution in [0.5, 0.6) is 5.88 Å². The van der Waals surface area contributed by atoms with Gasteiger partial charge < -0.3 is 35.4 Å². The molecule has 0 amide bonds. The minimum atomic E-state index is -5.51. The Labute approximate surface area is 207 Å². The van der Waals surface area contributed by atoms with Gasteiger partial charge in [0.1, 0.15) is 17.8 Å². The number of rotatable bonds is 6. The normalized spacial score (nSPS) is 25.6. The van der Waals surface area contributed by atoms with Gasteiger partial charge >= 0.3 is 66.9 Å². The molecule has 15 nitrogen and oxygen atoms in total. The van der Waals surface area contributed by atoms with Gasteiger partial charge in [-0.05, 0) is 0 Å². The summed E-state index contributed by atoms with van der Waals surface area (Å²) in [5.74, 6) is -0.976. The molecule has 1 aliphatic heterocycles. The van der Waals surface area contributed by atoms with Crippen molar-refractivity contribution in [3.63, 3.8) is 0 Å². The molecule has 5 atom stereocenters. The van der Waals surface area contributed by atoms with Crippen molar-refractivity contribution in [1.29, 1.82) is 0 Å². The van der Waals surface area contributed by atoms with E-state index in [2.05, 4.69) is 23.8 Å². The van der Waals surface area contributed by atoms with Crippen molar-refractivity contribution in [2.45, 2.75) is 24.9 Å². The first-order chi connectivity index (χ1) is 12.5. The van der Waals surface area contributed by atoms with Gasteiger partial charge in [0, 0.05) is 12.3 Å². The zero-order valence-corrected chi connectivity index (χ0v) is 21.0. The number of imidazole rings is 1. The van der Waals surface area contributed by atoms with Gasteiger partial charge in [0.05, 0.1) is 19.0 Å². The molecule has 0 spiro atoms. The third kappa shape index (κ3) is 6.91. The van der Waals surface area contributed by atoms with Crippen molar-refractivity contribution < 1.29 is 107 Å². The Bertz CT molecular complexity index is 956. The molecule has 0 aromatic carbocycles. The number of nitrogen functional groups attached to an aromatic ring is 1. The molecule has 0 bridgehead atoms. The van der Waals surface area contributed by atoms with Gasteiger partial charge in [0.2, 0.25) is 5.95 Å². The van der Waals surface area contributed by atoms with E-state index in [9.17, 15) is 29.1 Å². The Morgan fingerprint density at radius 1 is 1.34 bits per heavy atom. The van der Waals surface area contributed by atoms with E-state index < -0.39 is 46.6 Å². The van der Waals surface area contributed by atoms with Crippen molar-refractivity contribution >= 4 is 32.8 Å². The van der Waals surface area contributed by atoms with Gasteiger partial charge in [-0.3, -0.25) is 13.7 Å². The van der Waals surface area contributed by atoms with E-state index in [0.29, 0.717) is 0 Å². The molecule has 2 aromatic heterocycles. The number of nitrogens with two attached hydrogens (primary N) is 1. The number of anilines is 1. The van der Waals surface area contributed by atoms with Gasteiger partial charge in [0.25, 0.3) is 7.82 Å². The Morgan fingerprint density at radius 3 is 2.62 bits per heavy atom. The quantitative estimate of drug-likeness (QED) is 0.226. The first-order valence-corrected chi connectivity index (χ1v) is 10.2. The average Bonchev–Trinajstić information content (AvgIpc) is 3.06. The maximum absolute atomic E-state index is 11.7. The molecule has 0 saturated carbocycles. The first-order valence-electron chi connectivity index (χ1n) is 7.18. The zero-order chi connectivity index (χ0) is 20.0. The van der Waals surface area contributed by atoms with E-state index >= 15 is 0 Å². The summed E-state index contributed by atoms with van der Waals surface area (Å²) in [5.41, 5.74) is 5.44. The monoisotopic (exact) mass is 471 g/mol. The maximum Gasteiger partial charge on any atom is 1.00 e. The fourth-order valence-corrected chi connectivity index (χ4v) is 4.04. The summed E-state index contributed by atoms with van der Waals surface area (Å²) >= 11 is 0. The molecule has 0 aliphatic carbocycles. The number of ether oxygens (including phenoxy) is 1. The van der Waals surface area contributed by atoms with E-state index in [1.165, 1.54) is 10.9 Å². The Balaban J connectivity index is 0.00000210. The van der Waals surface area contributed by atoms with Crippen LogP contribution in [0.1, 0.15) is 12.6 Å². The van der Waals surface area contributed by atoms with Crippen molar-refractivity contribution in [2.24, 2.45) is 0 Å². The Morgan fingerprint density at radius 2 is 2.00 bits per heavy atom. The molecule has 1 saturated heterocycles. The Kier molecular flexibility index (Phi) is 9.72. The molecule has 3 rings (SSSR count). The van der Waals surface area contributed by atoms with Crippen LogP contribution in [0, 0.1) is 0 Å². The van der Waals surface area contributed by atoms with Gasteiger partial charge in [0.15, 0.2) is 5.65 Å². The number of phosphoric ester groups is 1. The van der Waals surface area contributed by atoms with E-state index in [1.807, 2.05) is 0 Å². The molecular formula is C10H13N5Na2O10P2. The number of aliphatic hydroxyl groups is 1. The van der Waals surface area contributed by atoms with E-state index in [1.54, 1.807) is 0 Å². The van der Waals surface area contributed by atoms with Crippen LogP contribution in [-0.2, 0) is 22.7 Å². The summed E-state index contributed by atoms with van der Waals surface area (Å²) in [6.45, 7) is -0.734. The van der Waals surface area contributed by atoms with Crippen LogP contribution in [0.3, 0.4) is 0 Å². The molecule has 19 heteroatoms. The maximum atomic E-state index is 11.7. The molecule has 150 valence electrons. The molecule has 29 heavy (non-hydrogen) atoms. The van der Waals surface area contributed by atoms with Gasteiger partial charge in [-0.1, -0.05) is 0 Å². The summed E-state index contributed by atoms with van der Waals surface area (Å²) in [4.78, 5) is 39.3. The summed E-state index contributed by atoms with van der Waals surface area (Å²) in [5, 5.41) is 21.8. The molecule has 0 radical (unpaired) electrons. The van der Waals surface area contributed by atoms with Crippen LogP contribution in [-0.4, -0.2) is 53.2 Å². The van der Waals surface area contributed by atoms with E-state index in [4.69, 9.17) is 15.4 Å². The van der Waals surface area contributed by atoms with Crippen molar-refractivity contribution in [2.75, 3.05) is 12.3 Å². The number of nitrogens with zero attached hydrogens (tertiary/aromatic N) is 4. The summed E-state index contributed by atoms with van der Waals surface area (Å²) < 4.78 is 36.6. The van der Waals surface area contributed by atoms with Crippen LogP contribution in [0.2, 0.25) is 0 Å². The summed E-state index contributed by atoms with van der Waals surface area (Å²) in [6, 6.07) is 0. The molecule has 5 N–H and O–H groups in total. The smallest absolute Gasteiger partial charge is 0.857 e. The van der Waals surface area contributed by atoms with Crippen molar-refractivity contribution in [3.8, 4) is 5.88 Å². The number of fused-ring (bicyclic) bond motifs is 1. The van der Waals surface area contributed by atoms with Gasteiger partial charge in [-0.2, -0.15) is 4.98 Å². The van der Waals surface area contributed by atoms with Gasteiger partial charge in [-0.15, -0.1) is 0 Å². The molecule has 2 aromatic rings. The second kappa shape index (κ2) is 10.3. The second-order valence-electron chi connectivity index (χ2n) is 5.46. The molecule has 1 aliphatic rings. The van der Waals surface area contributed by atoms with Crippen LogP contribution in [0.25, 0.3) is 11.2 Å². The molecule has 3 heterocycles. The molecular weight excluding hydrogens is 458 g/mol. The average molecular weight is 471 g/mol. The fraction of sp³-hybridized carbons (Fsp3) is 0.500. The van der Waals surface area contributed by atoms with Gasteiger partial charge in [-0.25, -0.2) is 18.8 Å². The number of phosphoric acid groups is 2. The fourth-order valence-electron chi connectivity index (χ4n) is 2.47. The van der Waals surface area contributed by atoms with Crippen LogP contribution in [0.15, 0.2) is 6.33 Å². The van der Waals surface area contributed by atoms with E-state index in [-0.39, 0.29) is 82.6 Å². The number of aliphatic hydroxyl groups excluding tert-OH is 1. The number of hydrogen-bond acceptors (Lipinski definition) is 12. The molecule has 1 fully saturated rings. The first kappa shape index (κ1) is 27.4. The summed E-state index contributed by atoms with van der Waals surface area (Å²) in [6.07, 6.45) is -2.04. The number of hydrogen-bond donors (Lipinski definition) is 4. The topological polar surface area (TPSA) is 238 Å². The summed E-state index contributed by atoms with van der Waals surface area (Å²) in [7, 11) is -10.7. The van der Waals surface area contributed by atoms with E-state index in [0.717, 1.165) is 0 Å². The minimum absolute atomic E-state index is 0. The van der Waals surface area contributed by atoms with Crippen molar-refractivity contribution in [3.05, 3.63) is 6.33 Å². The Hall–Kier alpha value is 0.330. The van der Waals surface area contributed by atoms with Crippen LogP contribution in [0.4, 0.5) is 5.95 Å². The molecule has 2 unspecified atom stereocenters. The van der Waals surface area contributed by atoms with Crippen molar-refractivity contribution in [1.82, 2.24) is 19.5 Å². The van der Waals surface area contributed by atoms with Crippen LogP contribution >= 0.6 is 15.6 Å². The largest absolute Gasteiger partial charge is 1.00 e. The minimum Gasteiger partial charge on any atom is -0.857 e. The third-order valence-corrected chi connectivity index (χ3v) is 5.66. The predicted molar refractivity (Wildman–Crippen MR) is 80.4 cm³/mol. The standard InChI is InChI=1S/C10H15N5O10P2.2Na/c11-10-13-8-7(9(17)14-10)12-3-15(8)6-1-4(16)5(24-6)2-23-27(21,22)25-26(18,19)20;;/h3-6,16H,1-2H2,(H,21,22)(H2,18,19,20)(H3,11,13,14,17);;/q;2*+1/p-2/t4-,5+,6+;;/m0../s1. The number of aromatic nitrogens is 4. The predicted octanol–water partition coefficient (Wildman–Crippen LogP) is -8.27. The third-order valence-electron chi connectivity index (χ3n) is 3.53. The zero-order valence-electron chi connectivity index (χ0n) is 15.2. The second-order valence-corrected chi connectivity index (χ2v) is 8.24.